The molecule has 0 aliphatic carbocycles. The van der Waals surface area contributed by atoms with Gasteiger partial charge in [-0.15, -0.1) is 11.3 Å². The zero-order valence-corrected chi connectivity index (χ0v) is 21.7. The molecule has 3 aromatic rings. The summed E-state index contributed by atoms with van der Waals surface area (Å²) in [5.41, 5.74) is -2.65. The number of rotatable bonds is 7. The second-order valence-corrected chi connectivity index (χ2v) is 12.4. The van der Waals surface area contributed by atoms with Crippen LogP contribution in [0.25, 0.3) is 10.7 Å². The first-order valence-electron chi connectivity index (χ1n) is 11.1. The van der Waals surface area contributed by atoms with Gasteiger partial charge in [-0.25, -0.2) is 32.7 Å². The molecule has 4 heterocycles. The summed E-state index contributed by atoms with van der Waals surface area (Å²) in [7, 11) is -2.38. The highest BCUT2D eigenvalue weighted by Gasteiger charge is 2.39. The number of imidazole rings is 1. The van der Waals surface area contributed by atoms with Crippen molar-refractivity contribution >= 4 is 27.3 Å². The number of halogens is 4. The van der Waals surface area contributed by atoms with E-state index in [4.69, 9.17) is 0 Å². The third-order valence-corrected chi connectivity index (χ3v) is 8.32. The maximum absolute atomic E-state index is 15.0. The smallest absolute Gasteiger partial charge is 0.390 e. The fourth-order valence-electron chi connectivity index (χ4n) is 3.82. The Bertz CT molecular complexity index is 1370. The van der Waals surface area contributed by atoms with E-state index in [1.807, 2.05) is 0 Å². The molecule has 0 amide bonds. The molecule has 37 heavy (non-hydrogen) atoms. The number of piperidine rings is 1. The minimum atomic E-state index is -4.76. The summed E-state index contributed by atoms with van der Waals surface area (Å²) in [4.78, 5) is 16.2. The van der Waals surface area contributed by atoms with Crippen LogP contribution >= 0.6 is 11.3 Å². The third-order valence-electron chi connectivity index (χ3n) is 5.56. The van der Waals surface area contributed by atoms with Gasteiger partial charge < -0.3 is 15.0 Å². The van der Waals surface area contributed by atoms with Gasteiger partial charge >= 0.3 is 6.18 Å². The van der Waals surface area contributed by atoms with Gasteiger partial charge in [-0.3, -0.25) is 0 Å². The zero-order valence-electron chi connectivity index (χ0n) is 20.1. The summed E-state index contributed by atoms with van der Waals surface area (Å²) in [5.74, 6) is -0.240. The van der Waals surface area contributed by atoms with Crippen LogP contribution in [0.1, 0.15) is 30.7 Å². The van der Waals surface area contributed by atoms with E-state index in [1.165, 1.54) is 23.3 Å². The van der Waals surface area contributed by atoms with Crippen LogP contribution in [0.2, 0.25) is 0 Å². The topological polar surface area (TPSA) is 126 Å². The Morgan fingerprint density at radius 3 is 2.54 bits per heavy atom. The van der Waals surface area contributed by atoms with E-state index in [9.17, 15) is 26.7 Å². The Hall–Kier alpha value is -2.69. The van der Waals surface area contributed by atoms with E-state index in [2.05, 4.69) is 25.3 Å². The molecule has 1 aliphatic rings. The molecule has 3 aromatic heterocycles. The lowest BCUT2D eigenvalue weighted by Gasteiger charge is -2.33. The summed E-state index contributed by atoms with van der Waals surface area (Å²) < 4.78 is 84.0. The highest BCUT2D eigenvalue weighted by atomic mass is 32.2. The third kappa shape index (κ3) is 6.25. The van der Waals surface area contributed by atoms with Gasteiger partial charge in [0.05, 0.1) is 18.0 Å². The highest BCUT2D eigenvalue weighted by Crippen LogP contribution is 2.38. The molecule has 10 nitrogen and oxygen atoms in total. The quantitative estimate of drug-likeness (QED) is 0.421. The zero-order chi connectivity index (χ0) is 27.2. The molecule has 0 radical (unpaired) electrons. The fourth-order valence-corrected chi connectivity index (χ4v) is 6.39. The first kappa shape index (κ1) is 27.3. The Kier molecular flexibility index (Phi) is 7.31. The Labute approximate surface area is 214 Å². The molecular formula is C21H25F4N7O3S2. The molecule has 0 aromatic carbocycles. The van der Waals surface area contributed by atoms with Crippen molar-refractivity contribution in [2.45, 2.75) is 55.7 Å². The van der Waals surface area contributed by atoms with Crippen LogP contribution in [0, 0.1) is 0 Å². The molecule has 2 N–H and O–H groups in total. The van der Waals surface area contributed by atoms with Gasteiger partial charge in [-0.1, -0.05) is 0 Å². The number of alkyl halides is 4. The van der Waals surface area contributed by atoms with E-state index < -0.39 is 51.8 Å². The van der Waals surface area contributed by atoms with Crippen LogP contribution in [0.15, 0.2) is 29.9 Å². The average molecular weight is 564 g/mol. The van der Waals surface area contributed by atoms with Crippen LogP contribution in [-0.2, 0) is 29.7 Å². The highest BCUT2D eigenvalue weighted by molar-refractivity contribution is 7.89. The second-order valence-electron chi connectivity index (χ2n) is 9.37. The molecule has 0 saturated carbocycles. The molecule has 4 rings (SSSR count). The van der Waals surface area contributed by atoms with Crippen LogP contribution < -0.4 is 5.32 Å². The minimum absolute atomic E-state index is 0.0231. The Balaban J connectivity index is 1.54. The standard InChI is InChI=1S/C21H25F4N7O3S2/c1-20(2,33)6-12-7-26-18(36-12)17-13(21(23,24)25)8-27-19(30-17)29-15-4-5-32(9-14(15)22)37(34,35)16-10-31(3)11-28-16/h7-8,10-11,14-15,33H,4-6,9H2,1-3H3,(H,27,29,30)/t14-,15+/m1/s1. The molecule has 1 aliphatic heterocycles. The molecule has 16 heteroatoms. The normalized spacial score (nSPS) is 19.8. The number of aliphatic hydroxyl groups is 1. The first-order valence-corrected chi connectivity index (χ1v) is 13.4. The largest absolute Gasteiger partial charge is 0.420 e. The molecule has 202 valence electrons. The van der Waals surface area contributed by atoms with Crippen molar-refractivity contribution in [2.75, 3.05) is 18.4 Å². The summed E-state index contributed by atoms with van der Waals surface area (Å²) in [6.07, 6.45) is -1.60. The average Bonchev–Trinajstić information content (AvgIpc) is 3.42. The lowest BCUT2D eigenvalue weighted by molar-refractivity contribution is -0.137. The van der Waals surface area contributed by atoms with Gasteiger partial charge in [-0.2, -0.15) is 17.5 Å². The number of hydrogen-bond acceptors (Lipinski definition) is 9. The monoisotopic (exact) mass is 563 g/mol. The van der Waals surface area contributed by atoms with E-state index in [1.54, 1.807) is 20.9 Å². The van der Waals surface area contributed by atoms with Crippen molar-refractivity contribution in [2.24, 2.45) is 7.05 Å². The molecule has 1 fully saturated rings. The second kappa shape index (κ2) is 9.89. The van der Waals surface area contributed by atoms with Crippen LogP contribution in [0.3, 0.4) is 0 Å². The fraction of sp³-hybridized carbons (Fsp3) is 0.524. The summed E-state index contributed by atoms with van der Waals surface area (Å²) in [6, 6.07) is -0.929. The number of aromatic nitrogens is 5. The maximum Gasteiger partial charge on any atom is 0.420 e. The predicted octanol–water partition coefficient (Wildman–Crippen LogP) is 2.88. The SMILES string of the molecule is Cn1cnc(S(=O)(=O)N2CC[C@H](Nc3ncc(C(F)(F)F)c(-c4ncc(CC(C)(C)O)s4)n3)[C@H](F)C2)c1. The van der Waals surface area contributed by atoms with E-state index in [0.29, 0.717) is 11.1 Å². The molecule has 0 bridgehead atoms. The number of anilines is 1. The number of aryl methyl sites for hydroxylation is 1. The minimum Gasteiger partial charge on any atom is -0.390 e. The lowest BCUT2D eigenvalue weighted by atomic mass is 10.1. The molecular weight excluding hydrogens is 538 g/mol. The van der Waals surface area contributed by atoms with Gasteiger partial charge in [0.15, 0.2) is 5.03 Å². The molecule has 1 saturated heterocycles. The Morgan fingerprint density at radius 1 is 1.22 bits per heavy atom. The summed E-state index contributed by atoms with van der Waals surface area (Å²) in [5, 5.41) is 12.5. The van der Waals surface area contributed by atoms with Crippen molar-refractivity contribution in [3.05, 3.63) is 35.4 Å². The summed E-state index contributed by atoms with van der Waals surface area (Å²) in [6.45, 7) is 2.65. The van der Waals surface area contributed by atoms with Gasteiger partial charge in [0.2, 0.25) is 5.95 Å². The number of sulfonamides is 1. The molecule has 2 atom stereocenters. The van der Waals surface area contributed by atoms with Gasteiger partial charge in [-0.05, 0) is 20.3 Å². The van der Waals surface area contributed by atoms with Gasteiger partial charge in [0, 0.05) is 50.0 Å². The van der Waals surface area contributed by atoms with E-state index in [0.717, 1.165) is 15.6 Å². The van der Waals surface area contributed by atoms with Crippen LogP contribution in [-0.4, -0.2) is 73.2 Å². The van der Waals surface area contributed by atoms with Crippen molar-refractivity contribution in [3.8, 4) is 10.7 Å². The maximum atomic E-state index is 15.0. The van der Waals surface area contributed by atoms with Crippen molar-refractivity contribution in [1.82, 2.24) is 28.8 Å². The first-order chi connectivity index (χ1) is 17.1. The Morgan fingerprint density at radius 2 is 1.95 bits per heavy atom. The van der Waals surface area contributed by atoms with E-state index >= 15 is 4.39 Å². The molecule has 0 spiro atoms. The molecule has 0 unspecified atom stereocenters. The van der Waals surface area contributed by atoms with E-state index in [-0.39, 0.29) is 35.4 Å². The summed E-state index contributed by atoms with van der Waals surface area (Å²) >= 11 is 0.957. The van der Waals surface area contributed by atoms with Gasteiger partial charge in [0.1, 0.15) is 22.4 Å². The number of nitrogens with one attached hydrogen (secondary N) is 1. The van der Waals surface area contributed by atoms with Crippen molar-refractivity contribution < 1.29 is 31.1 Å². The predicted molar refractivity (Wildman–Crippen MR) is 127 cm³/mol. The number of thiazole rings is 1. The number of nitrogens with zero attached hydrogens (tertiary/aromatic N) is 6. The van der Waals surface area contributed by atoms with Crippen molar-refractivity contribution in [1.29, 1.82) is 0 Å². The van der Waals surface area contributed by atoms with Crippen LogP contribution in [0.4, 0.5) is 23.5 Å². The van der Waals surface area contributed by atoms with Crippen molar-refractivity contribution in [3.63, 3.8) is 0 Å². The lowest BCUT2D eigenvalue weighted by Crippen LogP contribution is -2.50. The number of hydrogen-bond donors (Lipinski definition) is 2. The van der Waals surface area contributed by atoms with Crippen LogP contribution in [0.5, 0.6) is 0 Å². The van der Waals surface area contributed by atoms with Gasteiger partial charge in [0.25, 0.3) is 10.0 Å².